The molecule has 3 aromatic rings. The average Bonchev–Trinajstić information content (AvgIpc) is 3.11. The number of nitrogens with zero attached hydrogens (tertiary/aromatic N) is 4. The minimum atomic E-state index is 0.422. The van der Waals surface area contributed by atoms with E-state index in [0.717, 1.165) is 35.3 Å². The second kappa shape index (κ2) is 6.41. The Hall–Kier alpha value is -1.66. The van der Waals surface area contributed by atoms with E-state index in [4.69, 9.17) is 0 Å². The summed E-state index contributed by atoms with van der Waals surface area (Å²) < 4.78 is 5.05. The molecular weight excluding hydrogens is 330 g/mol. The van der Waals surface area contributed by atoms with Crippen molar-refractivity contribution in [2.24, 2.45) is 0 Å². The lowest BCUT2D eigenvalue weighted by Gasteiger charge is -2.12. The van der Waals surface area contributed by atoms with Crippen LogP contribution in [0.5, 0.6) is 0 Å². The molecule has 0 aromatic carbocycles. The van der Waals surface area contributed by atoms with Crippen LogP contribution in [0, 0.1) is 0 Å². The quantitative estimate of drug-likeness (QED) is 0.745. The van der Waals surface area contributed by atoms with Crippen LogP contribution < -0.4 is 5.32 Å². The Morgan fingerprint density at radius 2 is 2.24 bits per heavy atom. The Labute approximate surface area is 132 Å². The Morgan fingerprint density at radius 3 is 3.05 bits per heavy atom. The zero-order chi connectivity index (χ0) is 14.7. The summed E-state index contributed by atoms with van der Waals surface area (Å²) in [6, 6.07) is 6.39. The summed E-state index contributed by atoms with van der Waals surface area (Å²) >= 11 is 3.47. The van der Waals surface area contributed by atoms with Crippen molar-refractivity contribution in [3.05, 3.63) is 53.2 Å². The van der Waals surface area contributed by atoms with Gasteiger partial charge in [-0.1, -0.05) is 0 Å². The lowest BCUT2D eigenvalue weighted by atomic mass is 10.2. The van der Waals surface area contributed by atoms with E-state index in [1.165, 1.54) is 0 Å². The van der Waals surface area contributed by atoms with Crippen molar-refractivity contribution < 1.29 is 0 Å². The third-order valence-electron chi connectivity index (χ3n) is 3.45. The standard InChI is InChI=1S/C15H18BrN5/c1-12(5-8-21-7-2-6-18-21)17-9-14-11-20-10-13(16)3-4-15(20)19-14/h2-4,6-7,10-12,17H,5,8-9H2,1H3/t12-/m1/s1. The van der Waals surface area contributed by atoms with Crippen LogP contribution in [-0.2, 0) is 13.1 Å². The molecule has 0 spiro atoms. The second-order valence-electron chi connectivity index (χ2n) is 5.18. The zero-order valence-electron chi connectivity index (χ0n) is 11.9. The van der Waals surface area contributed by atoms with Crippen molar-refractivity contribution >= 4 is 21.6 Å². The zero-order valence-corrected chi connectivity index (χ0v) is 13.5. The van der Waals surface area contributed by atoms with Crippen LogP contribution in [0.4, 0.5) is 0 Å². The second-order valence-corrected chi connectivity index (χ2v) is 6.10. The van der Waals surface area contributed by atoms with Crippen molar-refractivity contribution in [3.8, 4) is 0 Å². The van der Waals surface area contributed by atoms with E-state index in [9.17, 15) is 0 Å². The van der Waals surface area contributed by atoms with Gasteiger partial charge in [-0.25, -0.2) is 4.98 Å². The SMILES string of the molecule is C[C@H](CCn1cccn1)NCc1cn2cc(Br)ccc2n1. The van der Waals surface area contributed by atoms with Gasteiger partial charge in [-0.05, 0) is 47.5 Å². The van der Waals surface area contributed by atoms with Gasteiger partial charge in [-0.2, -0.15) is 5.10 Å². The summed E-state index contributed by atoms with van der Waals surface area (Å²) in [4.78, 5) is 4.60. The first-order valence-electron chi connectivity index (χ1n) is 7.04. The molecule has 6 heteroatoms. The minimum absolute atomic E-state index is 0.422. The summed E-state index contributed by atoms with van der Waals surface area (Å²) in [7, 11) is 0. The normalized spacial score (nSPS) is 12.9. The molecule has 0 saturated heterocycles. The van der Waals surface area contributed by atoms with Crippen molar-refractivity contribution in [2.45, 2.75) is 32.5 Å². The summed E-state index contributed by atoms with van der Waals surface area (Å²) in [5.74, 6) is 0. The molecule has 0 bridgehead atoms. The molecule has 3 heterocycles. The maximum absolute atomic E-state index is 4.60. The van der Waals surface area contributed by atoms with Crippen molar-refractivity contribution in [3.63, 3.8) is 0 Å². The number of rotatable bonds is 6. The number of fused-ring (bicyclic) bond motifs is 1. The number of pyridine rings is 1. The largest absolute Gasteiger partial charge is 0.309 e. The molecule has 3 rings (SSSR count). The van der Waals surface area contributed by atoms with Crippen molar-refractivity contribution in [2.75, 3.05) is 0 Å². The summed E-state index contributed by atoms with van der Waals surface area (Å²) in [6.45, 7) is 3.90. The van der Waals surface area contributed by atoms with Crippen molar-refractivity contribution in [1.82, 2.24) is 24.5 Å². The third-order valence-corrected chi connectivity index (χ3v) is 3.92. The van der Waals surface area contributed by atoms with Gasteiger partial charge in [0.2, 0.25) is 0 Å². The highest BCUT2D eigenvalue weighted by Gasteiger charge is 2.05. The molecule has 3 aromatic heterocycles. The number of hydrogen-bond acceptors (Lipinski definition) is 3. The molecule has 21 heavy (non-hydrogen) atoms. The molecular formula is C15H18BrN5. The summed E-state index contributed by atoms with van der Waals surface area (Å²) in [5, 5.41) is 7.72. The lowest BCUT2D eigenvalue weighted by Crippen LogP contribution is -2.27. The number of nitrogens with one attached hydrogen (secondary N) is 1. The molecule has 0 amide bonds. The molecule has 0 aliphatic carbocycles. The van der Waals surface area contributed by atoms with Crippen LogP contribution in [0.2, 0.25) is 0 Å². The first-order chi connectivity index (χ1) is 10.2. The maximum Gasteiger partial charge on any atom is 0.137 e. The molecule has 5 nitrogen and oxygen atoms in total. The van der Waals surface area contributed by atoms with Gasteiger partial charge in [0.05, 0.1) is 5.69 Å². The minimum Gasteiger partial charge on any atom is -0.309 e. The van der Waals surface area contributed by atoms with Crippen LogP contribution in [0.1, 0.15) is 19.0 Å². The van der Waals surface area contributed by atoms with E-state index >= 15 is 0 Å². The molecule has 0 fully saturated rings. The Balaban J connectivity index is 1.53. The first kappa shape index (κ1) is 14.3. The Morgan fingerprint density at radius 1 is 1.33 bits per heavy atom. The Kier molecular flexibility index (Phi) is 4.36. The monoisotopic (exact) mass is 347 g/mol. The van der Waals surface area contributed by atoms with Gasteiger partial charge in [0.1, 0.15) is 5.65 Å². The van der Waals surface area contributed by atoms with Gasteiger partial charge < -0.3 is 9.72 Å². The number of aromatic nitrogens is 4. The highest BCUT2D eigenvalue weighted by atomic mass is 79.9. The fraction of sp³-hybridized carbons (Fsp3) is 0.333. The number of imidazole rings is 1. The molecule has 0 radical (unpaired) electrons. The van der Waals surface area contributed by atoms with E-state index in [-0.39, 0.29) is 0 Å². The number of aryl methyl sites for hydroxylation is 1. The van der Waals surface area contributed by atoms with Crippen molar-refractivity contribution in [1.29, 1.82) is 0 Å². The van der Waals surface area contributed by atoms with Gasteiger partial charge in [0.25, 0.3) is 0 Å². The van der Waals surface area contributed by atoms with Crippen LogP contribution in [-0.4, -0.2) is 25.2 Å². The summed E-state index contributed by atoms with van der Waals surface area (Å²) in [5.41, 5.74) is 2.03. The van der Waals surface area contributed by atoms with Crippen LogP contribution in [0.25, 0.3) is 5.65 Å². The van der Waals surface area contributed by atoms with E-state index in [2.05, 4.69) is 44.4 Å². The fourth-order valence-electron chi connectivity index (χ4n) is 2.24. The molecule has 110 valence electrons. The van der Waals surface area contributed by atoms with Gasteiger partial charge in [-0.15, -0.1) is 0 Å². The molecule has 0 unspecified atom stereocenters. The summed E-state index contributed by atoms with van der Waals surface area (Å²) in [6.07, 6.45) is 8.93. The maximum atomic E-state index is 4.60. The van der Waals surface area contributed by atoms with E-state index in [1.807, 2.05) is 45.9 Å². The van der Waals surface area contributed by atoms with Gasteiger partial charge in [0.15, 0.2) is 0 Å². The number of halogens is 1. The Bertz CT molecular complexity index is 704. The molecule has 1 atom stereocenters. The molecule has 0 aliphatic heterocycles. The molecule has 1 N–H and O–H groups in total. The third kappa shape index (κ3) is 3.71. The molecule has 0 saturated carbocycles. The smallest absolute Gasteiger partial charge is 0.137 e. The fourth-order valence-corrected chi connectivity index (χ4v) is 2.59. The van der Waals surface area contributed by atoms with Gasteiger partial charge in [0, 0.05) is 48.4 Å². The van der Waals surface area contributed by atoms with E-state index < -0.39 is 0 Å². The predicted octanol–water partition coefficient (Wildman–Crippen LogP) is 2.86. The van der Waals surface area contributed by atoms with Crippen LogP contribution in [0.3, 0.4) is 0 Å². The van der Waals surface area contributed by atoms with Gasteiger partial charge in [-0.3, -0.25) is 4.68 Å². The van der Waals surface area contributed by atoms with Gasteiger partial charge >= 0.3 is 0 Å². The average molecular weight is 348 g/mol. The topological polar surface area (TPSA) is 47.2 Å². The predicted molar refractivity (Wildman–Crippen MR) is 86.0 cm³/mol. The van der Waals surface area contributed by atoms with E-state index in [0.29, 0.717) is 6.04 Å². The molecule has 0 aliphatic rings. The lowest BCUT2D eigenvalue weighted by molar-refractivity contribution is 0.456. The highest BCUT2D eigenvalue weighted by Crippen LogP contribution is 2.12. The first-order valence-corrected chi connectivity index (χ1v) is 7.84. The number of hydrogen-bond donors (Lipinski definition) is 1. The van der Waals surface area contributed by atoms with E-state index in [1.54, 1.807) is 0 Å². The highest BCUT2D eigenvalue weighted by molar-refractivity contribution is 9.10. The van der Waals surface area contributed by atoms with Crippen LogP contribution >= 0.6 is 15.9 Å². The van der Waals surface area contributed by atoms with Crippen LogP contribution in [0.15, 0.2) is 47.5 Å².